The molecule has 53 valence electrons. The Balaban J connectivity index is 3.07. The molecule has 0 heterocycles. The Morgan fingerprint density at radius 1 is 1.50 bits per heavy atom. The zero-order valence-corrected chi connectivity index (χ0v) is 6.68. The summed E-state index contributed by atoms with van der Waals surface area (Å²) in [6.07, 6.45) is 0. The molecular formula is C7H5ClFS. The molecule has 0 nitrogen and oxygen atoms in total. The fourth-order valence-electron chi connectivity index (χ4n) is 0.639. The first-order chi connectivity index (χ1) is 4.74. The van der Waals surface area contributed by atoms with Crippen LogP contribution < -0.4 is 0 Å². The fraction of sp³-hybridized carbons (Fsp3) is 0.143. The monoisotopic (exact) mass is 175 g/mol. The third-order valence-electron chi connectivity index (χ3n) is 1.17. The summed E-state index contributed by atoms with van der Waals surface area (Å²) in [7, 11) is 0. The summed E-state index contributed by atoms with van der Waals surface area (Å²) in [5.74, 6) is 0.108. The van der Waals surface area contributed by atoms with Crippen molar-refractivity contribution in [1.29, 1.82) is 0 Å². The number of benzene rings is 1. The molecular weight excluding hydrogens is 171 g/mol. The smallest absolute Gasteiger partial charge is 0.124 e. The van der Waals surface area contributed by atoms with Gasteiger partial charge < -0.3 is 0 Å². The molecule has 0 aromatic heterocycles. The SMILES string of the molecule is Fc1ccc(C[S])c(Cl)c1. The van der Waals surface area contributed by atoms with Gasteiger partial charge in [-0.15, -0.1) is 0 Å². The molecule has 1 radical (unpaired) electrons. The third kappa shape index (κ3) is 1.64. The highest BCUT2D eigenvalue weighted by molar-refractivity contribution is 7.79. The van der Waals surface area contributed by atoms with E-state index in [1.54, 1.807) is 6.07 Å². The van der Waals surface area contributed by atoms with Gasteiger partial charge in [0.25, 0.3) is 0 Å². The molecule has 0 saturated carbocycles. The second kappa shape index (κ2) is 3.26. The Bertz CT molecular complexity index is 237. The maximum absolute atomic E-state index is 12.4. The summed E-state index contributed by atoms with van der Waals surface area (Å²) in [6, 6.07) is 4.22. The minimum atomic E-state index is -0.322. The first-order valence-corrected chi connectivity index (χ1v) is 3.71. The molecule has 10 heavy (non-hydrogen) atoms. The summed E-state index contributed by atoms with van der Waals surface area (Å²) in [6.45, 7) is 0. The first kappa shape index (κ1) is 7.89. The molecule has 0 saturated heterocycles. The standard InChI is InChI=1S/C7H5ClFS/c8-7-3-6(9)2-1-5(7)4-10/h1-3H,4H2. The Hall–Kier alpha value is -0.210. The summed E-state index contributed by atoms with van der Waals surface area (Å²) >= 11 is 10.4. The van der Waals surface area contributed by atoms with Crippen LogP contribution in [-0.2, 0) is 5.75 Å². The lowest BCUT2D eigenvalue weighted by Gasteiger charge is -1.97. The van der Waals surface area contributed by atoms with Gasteiger partial charge in [0.05, 0.1) is 0 Å². The van der Waals surface area contributed by atoms with Gasteiger partial charge in [-0.1, -0.05) is 30.3 Å². The Morgan fingerprint density at radius 3 is 2.70 bits per heavy atom. The van der Waals surface area contributed by atoms with Crippen LogP contribution in [0.1, 0.15) is 5.56 Å². The highest BCUT2D eigenvalue weighted by atomic mass is 35.5. The highest BCUT2D eigenvalue weighted by Gasteiger charge is 1.98. The van der Waals surface area contributed by atoms with E-state index in [1.807, 2.05) is 0 Å². The molecule has 0 aliphatic carbocycles. The average molecular weight is 176 g/mol. The highest BCUT2D eigenvalue weighted by Crippen LogP contribution is 2.18. The topological polar surface area (TPSA) is 0 Å². The van der Waals surface area contributed by atoms with E-state index in [0.29, 0.717) is 10.8 Å². The maximum Gasteiger partial charge on any atom is 0.124 e. The Kier molecular flexibility index (Phi) is 2.57. The number of rotatable bonds is 1. The van der Waals surface area contributed by atoms with E-state index in [1.165, 1.54) is 12.1 Å². The molecule has 1 rings (SSSR count). The zero-order chi connectivity index (χ0) is 7.56. The summed E-state index contributed by atoms with van der Waals surface area (Å²) < 4.78 is 12.4. The number of hydrogen-bond acceptors (Lipinski definition) is 0. The normalized spacial score (nSPS) is 9.90. The fourth-order valence-corrected chi connectivity index (χ4v) is 1.20. The molecule has 1 aromatic carbocycles. The second-order valence-electron chi connectivity index (χ2n) is 1.88. The molecule has 3 heteroatoms. The lowest BCUT2D eigenvalue weighted by atomic mass is 10.2. The minimum Gasteiger partial charge on any atom is -0.207 e. The molecule has 0 spiro atoms. The van der Waals surface area contributed by atoms with Crippen LogP contribution in [0.3, 0.4) is 0 Å². The predicted octanol–water partition coefficient (Wildman–Crippen LogP) is 3.18. The van der Waals surface area contributed by atoms with Crippen LogP contribution in [-0.4, -0.2) is 0 Å². The van der Waals surface area contributed by atoms with Gasteiger partial charge in [-0.05, 0) is 17.7 Å². The summed E-state index contributed by atoms with van der Waals surface area (Å²) in [5.41, 5.74) is 0.804. The van der Waals surface area contributed by atoms with E-state index in [-0.39, 0.29) is 5.82 Å². The van der Waals surface area contributed by atoms with Crippen LogP contribution in [0.15, 0.2) is 18.2 Å². The first-order valence-electron chi connectivity index (χ1n) is 2.76. The van der Waals surface area contributed by atoms with Crippen LogP contribution >= 0.6 is 24.2 Å². The van der Waals surface area contributed by atoms with Crippen LogP contribution in [0.5, 0.6) is 0 Å². The maximum atomic E-state index is 12.4. The Labute approximate surface area is 69.4 Å². The van der Waals surface area contributed by atoms with Crippen molar-refractivity contribution in [1.82, 2.24) is 0 Å². The lowest BCUT2D eigenvalue weighted by Crippen LogP contribution is -1.80. The molecule has 0 unspecified atom stereocenters. The summed E-state index contributed by atoms with van der Waals surface area (Å²) in [4.78, 5) is 0. The van der Waals surface area contributed by atoms with E-state index in [2.05, 4.69) is 0 Å². The van der Waals surface area contributed by atoms with Crippen LogP contribution in [0, 0.1) is 5.82 Å². The van der Waals surface area contributed by atoms with Gasteiger partial charge in [-0.3, -0.25) is 0 Å². The third-order valence-corrected chi connectivity index (χ3v) is 1.83. The number of halogens is 2. The van der Waals surface area contributed by atoms with Crippen molar-refractivity contribution in [3.05, 3.63) is 34.6 Å². The Morgan fingerprint density at radius 2 is 2.20 bits per heavy atom. The largest absolute Gasteiger partial charge is 0.207 e. The van der Waals surface area contributed by atoms with Crippen molar-refractivity contribution in [2.24, 2.45) is 0 Å². The van der Waals surface area contributed by atoms with Crippen molar-refractivity contribution >= 4 is 24.2 Å². The van der Waals surface area contributed by atoms with Gasteiger partial charge in [-0.2, -0.15) is 0 Å². The zero-order valence-electron chi connectivity index (χ0n) is 5.10. The van der Waals surface area contributed by atoms with E-state index in [4.69, 9.17) is 24.2 Å². The lowest BCUT2D eigenvalue weighted by molar-refractivity contribution is 0.627. The summed E-state index contributed by atoms with van der Waals surface area (Å²) in [5, 5.41) is 0.412. The van der Waals surface area contributed by atoms with Gasteiger partial charge in [-0.25, -0.2) is 4.39 Å². The van der Waals surface area contributed by atoms with Crippen molar-refractivity contribution in [2.75, 3.05) is 0 Å². The van der Waals surface area contributed by atoms with E-state index in [9.17, 15) is 4.39 Å². The van der Waals surface area contributed by atoms with Crippen LogP contribution in [0.4, 0.5) is 4.39 Å². The number of hydrogen-bond donors (Lipinski definition) is 0. The molecule has 0 bridgehead atoms. The van der Waals surface area contributed by atoms with Gasteiger partial charge in [0, 0.05) is 10.8 Å². The molecule has 0 aliphatic heterocycles. The molecule has 0 atom stereocenters. The molecule has 1 aromatic rings. The average Bonchev–Trinajstić information content (AvgIpc) is 1.88. The van der Waals surface area contributed by atoms with Gasteiger partial charge >= 0.3 is 0 Å². The van der Waals surface area contributed by atoms with Gasteiger partial charge in [0.2, 0.25) is 0 Å². The van der Waals surface area contributed by atoms with Crippen LogP contribution in [0.2, 0.25) is 5.02 Å². The molecule has 0 N–H and O–H groups in total. The van der Waals surface area contributed by atoms with Crippen molar-refractivity contribution < 1.29 is 4.39 Å². The van der Waals surface area contributed by atoms with Gasteiger partial charge in [0.15, 0.2) is 0 Å². The van der Waals surface area contributed by atoms with Crippen molar-refractivity contribution in [3.8, 4) is 0 Å². The molecule has 0 amide bonds. The second-order valence-corrected chi connectivity index (χ2v) is 2.58. The molecule has 0 aliphatic rings. The predicted molar refractivity (Wildman–Crippen MR) is 42.7 cm³/mol. The minimum absolute atomic E-state index is 0.322. The van der Waals surface area contributed by atoms with Crippen molar-refractivity contribution in [3.63, 3.8) is 0 Å². The van der Waals surface area contributed by atoms with Crippen LogP contribution in [0.25, 0.3) is 0 Å². The van der Waals surface area contributed by atoms with E-state index >= 15 is 0 Å². The van der Waals surface area contributed by atoms with E-state index < -0.39 is 0 Å². The van der Waals surface area contributed by atoms with Crippen molar-refractivity contribution in [2.45, 2.75) is 5.75 Å². The molecule has 0 fully saturated rings. The quantitative estimate of drug-likeness (QED) is 0.615. The van der Waals surface area contributed by atoms with Gasteiger partial charge in [0.1, 0.15) is 5.82 Å². The van der Waals surface area contributed by atoms with E-state index in [0.717, 1.165) is 5.56 Å².